The minimum absolute atomic E-state index is 0.122. The van der Waals surface area contributed by atoms with Gasteiger partial charge in [0, 0.05) is 29.6 Å². The van der Waals surface area contributed by atoms with Gasteiger partial charge in [0.05, 0.1) is 12.8 Å². The number of carboxylic acids is 1. The average molecular weight is 450 g/mol. The number of nitrogens with zero attached hydrogens (tertiary/aromatic N) is 1. The van der Waals surface area contributed by atoms with E-state index in [-0.39, 0.29) is 6.61 Å². The molecule has 0 bridgehead atoms. The van der Waals surface area contributed by atoms with Gasteiger partial charge in [0.2, 0.25) is 5.88 Å². The van der Waals surface area contributed by atoms with E-state index in [1.165, 1.54) is 16.3 Å². The molecule has 0 aliphatic carbocycles. The van der Waals surface area contributed by atoms with Crippen LogP contribution in [0.2, 0.25) is 5.02 Å². The Morgan fingerprint density at radius 1 is 1.37 bits per heavy atom. The molecule has 0 fully saturated rings. The number of aliphatic hydroxyl groups excluding tert-OH is 1. The molecular weight excluding hydrogens is 426 g/mol. The molecule has 160 valence electrons. The van der Waals surface area contributed by atoms with Gasteiger partial charge in [0.1, 0.15) is 10.6 Å². The lowest BCUT2D eigenvalue weighted by molar-refractivity contribution is 0.0699. The summed E-state index contributed by atoms with van der Waals surface area (Å²) in [4.78, 5) is 11.2. The molecule has 9 heteroatoms. The zero-order valence-corrected chi connectivity index (χ0v) is 18.2. The van der Waals surface area contributed by atoms with Crippen LogP contribution in [0.3, 0.4) is 0 Å². The second-order valence-electron chi connectivity index (χ2n) is 5.99. The SMILES string of the molecule is CNc1scc(-c2ccc(Cl)cc2)c1C(=O)O.COC1=CC=C/C(=C/CCO)N1N. The number of rotatable bonds is 6. The number of halogens is 1. The van der Waals surface area contributed by atoms with E-state index in [2.05, 4.69) is 5.32 Å². The van der Waals surface area contributed by atoms with Crippen LogP contribution in [0, 0.1) is 0 Å². The number of hydrogen-bond donors (Lipinski definition) is 4. The molecule has 1 aromatic heterocycles. The number of hydrogen-bond acceptors (Lipinski definition) is 7. The number of benzene rings is 1. The highest BCUT2D eigenvalue weighted by Gasteiger charge is 2.18. The van der Waals surface area contributed by atoms with Crippen LogP contribution in [0.1, 0.15) is 16.8 Å². The number of methoxy groups -OCH3 is 1. The zero-order valence-electron chi connectivity index (χ0n) is 16.6. The Hall–Kier alpha value is -2.78. The monoisotopic (exact) mass is 449 g/mol. The van der Waals surface area contributed by atoms with Gasteiger partial charge >= 0.3 is 5.97 Å². The van der Waals surface area contributed by atoms with Crippen molar-refractivity contribution in [1.82, 2.24) is 5.01 Å². The molecule has 0 unspecified atom stereocenters. The van der Waals surface area contributed by atoms with E-state index in [9.17, 15) is 9.90 Å². The maximum Gasteiger partial charge on any atom is 0.339 e. The maximum atomic E-state index is 11.2. The smallest absolute Gasteiger partial charge is 0.339 e. The van der Waals surface area contributed by atoms with Crippen LogP contribution in [-0.4, -0.2) is 42.0 Å². The van der Waals surface area contributed by atoms with Crippen molar-refractivity contribution in [1.29, 1.82) is 0 Å². The van der Waals surface area contributed by atoms with Crippen molar-refractivity contribution in [2.75, 3.05) is 26.1 Å². The Kier molecular flexibility index (Phi) is 8.94. The predicted molar refractivity (Wildman–Crippen MR) is 121 cm³/mol. The molecule has 2 aromatic rings. The second kappa shape index (κ2) is 11.4. The summed E-state index contributed by atoms with van der Waals surface area (Å²) in [6.45, 7) is 0.122. The van der Waals surface area contributed by atoms with Crippen molar-refractivity contribution in [2.45, 2.75) is 6.42 Å². The zero-order chi connectivity index (χ0) is 22.1. The summed E-state index contributed by atoms with van der Waals surface area (Å²) in [5, 5.41) is 25.3. The van der Waals surface area contributed by atoms with Crippen LogP contribution in [0.25, 0.3) is 11.1 Å². The molecule has 0 saturated heterocycles. The van der Waals surface area contributed by atoms with Gasteiger partial charge in [-0.15, -0.1) is 11.3 Å². The van der Waals surface area contributed by atoms with Gasteiger partial charge in [-0.2, -0.15) is 0 Å². The summed E-state index contributed by atoms with van der Waals surface area (Å²) in [6.07, 6.45) is 7.92. The summed E-state index contributed by atoms with van der Waals surface area (Å²) in [7, 11) is 3.28. The highest BCUT2D eigenvalue weighted by molar-refractivity contribution is 7.15. The molecule has 0 spiro atoms. The molecule has 0 atom stereocenters. The van der Waals surface area contributed by atoms with E-state index < -0.39 is 5.97 Å². The minimum Gasteiger partial charge on any atom is -0.481 e. The lowest BCUT2D eigenvalue weighted by Crippen LogP contribution is -2.31. The molecule has 0 saturated carbocycles. The van der Waals surface area contributed by atoms with Crippen LogP contribution in [0.15, 0.2) is 65.5 Å². The largest absolute Gasteiger partial charge is 0.481 e. The van der Waals surface area contributed by atoms with E-state index in [4.69, 9.17) is 27.3 Å². The molecule has 5 N–H and O–H groups in total. The molecule has 2 heterocycles. The fraction of sp³-hybridized carbons (Fsp3) is 0.190. The molecule has 1 aromatic carbocycles. The van der Waals surface area contributed by atoms with Crippen molar-refractivity contribution in [3.05, 3.63) is 76.1 Å². The van der Waals surface area contributed by atoms with Gasteiger partial charge in [-0.3, -0.25) is 0 Å². The third kappa shape index (κ3) is 5.87. The number of aromatic carboxylic acids is 1. The third-order valence-corrected chi connectivity index (χ3v) is 5.35. The highest BCUT2D eigenvalue weighted by Crippen LogP contribution is 2.35. The number of anilines is 1. The van der Waals surface area contributed by atoms with Gasteiger partial charge in [-0.05, 0) is 36.3 Å². The van der Waals surface area contributed by atoms with Crippen LogP contribution in [0.5, 0.6) is 0 Å². The Morgan fingerprint density at radius 3 is 2.63 bits per heavy atom. The first-order valence-corrected chi connectivity index (χ1v) is 10.2. The average Bonchev–Trinajstić information content (AvgIpc) is 3.18. The standard InChI is InChI=1S/C12H10ClNO2S.C9H14N2O2/c1-14-11-10(12(15)16)9(6-17-11)7-2-4-8(13)5-3-7;1-13-9-6-2-4-8(11(9)10)5-3-7-12/h2-6,14H,1H3,(H,15,16);2,4-6,12H,3,7,10H2,1H3/b;8-5-. The van der Waals surface area contributed by atoms with Gasteiger partial charge in [0.25, 0.3) is 0 Å². The van der Waals surface area contributed by atoms with Crippen molar-refractivity contribution < 1.29 is 19.7 Å². The van der Waals surface area contributed by atoms with Gasteiger partial charge in [-0.1, -0.05) is 35.9 Å². The second-order valence-corrected chi connectivity index (χ2v) is 7.31. The van der Waals surface area contributed by atoms with Crippen LogP contribution >= 0.6 is 22.9 Å². The number of nitrogens with two attached hydrogens (primary N) is 1. The van der Waals surface area contributed by atoms with E-state index >= 15 is 0 Å². The molecule has 1 aliphatic rings. The molecule has 0 amide bonds. The maximum absolute atomic E-state index is 11.2. The number of aliphatic hydroxyl groups is 1. The first kappa shape index (κ1) is 23.5. The number of nitrogens with one attached hydrogen (secondary N) is 1. The fourth-order valence-corrected chi connectivity index (χ4v) is 3.71. The molecule has 3 rings (SSSR count). The summed E-state index contributed by atoms with van der Waals surface area (Å²) in [5.41, 5.74) is 2.70. The lowest BCUT2D eigenvalue weighted by Gasteiger charge is -2.23. The van der Waals surface area contributed by atoms with Crippen molar-refractivity contribution in [3.8, 4) is 11.1 Å². The Bertz CT molecular complexity index is 952. The van der Waals surface area contributed by atoms with Gasteiger partial charge in [0.15, 0.2) is 0 Å². The number of carbonyl (C=O) groups is 1. The van der Waals surface area contributed by atoms with Crippen molar-refractivity contribution >= 4 is 33.9 Å². The fourth-order valence-electron chi connectivity index (χ4n) is 2.66. The van der Waals surface area contributed by atoms with Crippen LogP contribution in [-0.2, 0) is 4.74 Å². The lowest BCUT2D eigenvalue weighted by atomic mass is 10.0. The first-order chi connectivity index (χ1) is 14.4. The van der Waals surface area contributed by atoms with Gasteiger partial charge in [-0.25, -0.2) is 15.6 Å². The Labute approximate surface area is 184 Å². The Morgan fingerprint density at radius 2 is 2.07 bits per heavy atom. The molecule has 0 radical (unpaired) electrons. The van der Waals surface area contributed by atoms with Crippen LogP contribution < -0.4 is 11.2 Å². The number of allylic oxidation sites excluding steroid dienone is 3. The predicted octanol–water partition coefficient (Wildman–Crippen LogP) is 4.29. The molecular formula is C21H24ClN3O4S. The quantitative estimate of drug-likeness (QED) is 0.487. The topological polar surface area (TPSA) is 108 Å². The summed E-state index contributed by atoms with van der Waals surface area (Å²) >= 11 is 7.19. The first-order valence-electron chi connectivity index (χ1n) is 8.99. The molecule has 1 aliphatic heterocycles. The summed E-state index contributed by atoms with van der Waals surface area (Å²) < 4.78 is 5.02. The number of thiophene rings is 1. The van der Waals surface area contributed by atoms with E-state index in [0.29, 0.717) is 33.5 Å². The number of carboxylic acid groups (broad SMARTS) is 1. The number of ether oxygens (including phenoxy) is 1. The normalized spacial score (nSPS) is 14.1. The van der Waals surface area contributed by atoms with Crippen LogP contribution in [0.4, 0.5) is 5.00 Å². The minimum atomic E-state index is -0.930. The van der Waals surface area contributed by atoms with Crippen molar-refractivity contribution in [3.63, 3.8) is 0 Å². The van der Waals surface area contributed by atoms with E-state index in [1.54, 1.807) is 32.4 Å². The van der Waals surface area contributed by atoms with E-state index in [0.717, 1.165) is 11.3 Å². The number of hydrazine groups is 1. The van der Waals surface area contributed by atoms with Crippen molar-refractivity contribution in [2.24, 2.45) is 5.84 Å². The Balaban J connectivity index is 0.000000222. The van der Waals surface area contributed by atoms with E-state index in [1.807, 2.05) is 35.7 Å². The summed E-state index contributed by atoms with van der Waals surface area (Å²) in [6, 6.07) is 7.13. The summed E-state index contributed by atoms with van der Waals surface area (Å²) in [5.74, 6) is 5.37. The third-order valence-electron chi connectivity index (χ3n) is 4.10. The van der Waals surface area contributed by atoms with Gasteiger partial charge < -0.3 is 20.3 Å². The molecule has 30 heavy (non-hydrogen) atoms. The molecule has 7 nitrogen and oxygen atoms in total. The highest BCUT2D eigenvalue weighted by atomic mass is 35.5.